The van der Waals surface area contributed by atoms with Crippen molar-refractivity contribution in [3.8, 4) is 5.75 Å². The van der Waals surface area contributed by atoms with Crippen LogP contribution < -0.4 is 4.74 Å². The Morgan fingerprint density at radius 3 is 2.20 bits per heavy atom. The molecular formula is C19H24O. The summed E-state index contributed by atoms with van der Waals surface area (Å²) < 4.78 is 6.01. The number of aryl methyl sites for hydroxylation is 3. The van der Waals surface area contributed by atoms with Crippen LogP contribution in [-0.4, -0.2) is 0 Å². The van der Waals surface area contributed by atoms with Gasteiger partial charge in [-0.15, -0.1) is 0 Å². The molecule has 0 aliphatic carbocycles. The number of rotatable bonds is 4. The molecule has 0 fully saturated rings. The van der Waals surface area contributed by atoms with Crippen LogP contribution in [0.25, 0.3) is 0 Å². The Morgan fingerprint density at radius 2 is 1.55 bits per heavy atom. The van der Waals surface area contributed by atoms with Crippen LogP contribution in [0.15, 0.2) is 36.4 Å². The molecule has 2 rings (SSSR count). The van der Waals surface area contributed by atoms with Gasteiger partial charge in [-0.2, -0.15) is 0 Å². The summed E-state index contributed by atoms with van der Waals surface area (Å²) in [5.74, 6) is 1.52. The minimum absolute atomic E-state index is 0.527. The molecule has 0 aromatic heterocycles. The van der Waals surface area contributed by atoms with Crippen molar-refractivity contribution < 1.29 is 4.74 Å². The largest absolute Gasteiger partial charge is 0.489 e. The molecule has 0 radical (unpaired) electrons. The van der Waals surface area contributed by atoms with Crippen LogP contribution in [0.2, 0.25) is 0 Å². The average molecular weight is 268 g/mol. The fourth-order valence-corrected chi connectivity index (χ4v) is 2.19. The summed E-state index contributed by atoms with van der Waals surface area (Å²) in [6.45, 7) is 11.4. The van der Waals surface area contributed by atoms with Crippen LogP contribution in [0.5, 0.6) is 5.75 Å². The lowest BCUT2D eigenvalue weighted by Gasteiger charge is -2.13. The lowest BCUT2D eigenvalue weighted by Crippen LogP contribution is -1.99. The van der Waals surface area contributed by atoms with E-state index in [0.29, 0.717) is 12.5 Å². The van der Waals surface area contributed by atoms with Crippen molar-refractivity contribution in [2.24, 2.45) is 0 Å². The second-order valence-corrected chi connectivity index (χ2v) is 5.89. The summed E-state index contributed by atoms with van der Waals surface area (Å²) in [6.07, 6.45) is 0. The molecule has 2 aromatic carbocycles. The summed E-state index contributed by atoms with van der Waals surface area (Å²) in [4.78, 5) is 0. The van der Waals surface area contributed by atoms with Gasteiger partial charge in [-0.3, -0.25) is 0 Å². The third kappa shape index (κ3) is 3.41. The molecule has 0 atom stereocenters. The number of hydrogen-bond acceptors (Lipinski definition) is 1. The topological polar surface area (TPSA) is 9.23 Å². The number of hydrogen-bond donors (Lipinski definition) is 0. The smallest absolute Gasteiger partial charge is 0.122 e. The summed E-state index contributed by atoms with van der Waals surface area (Å²) in [6, 6.07) is 13.0. The molecule has 0 N–H and O–H groups in total. The fraction of sp³-hybridized carbons (Fsp3) is 0.368. The van der Waals surface area contributed by atoms with Gasteiger partial charge in [-0.05, 0) is 60.6 Å². The van der Waals surface area contributed by atoms with E-state index < -0.39 is 0 Å². The van der Waals surface area contributed by atoms with Gasteiger partial charge >= 0.3 is 0 Å². The first-order valence-corrected chi connectivity index (χ1v) is 7.27. The second kappa shape index (κ2) is 6.13. The van der Waals surface area contributed by atoms with Gasteiger partial charge in [0.05, 0.1) is 0 Å². The standard InChI is InChI=1S/C19H24O/c1-13(2)18-9-7-15(4)19(11-18)20-12-17-8-6-14(3)16(5)10-17/h6-11,13H,12H2,1-5H3. The van der Waals surface area contributed by atoms with E-state index >= 15 is 0 Å². The zero-order chi connectivity index (χ0) is 14.7. The van der Waals surface area contributed by atoms with Gasteiger partial charge < -0.3 is 4.74 Å². The highest BCUT2D eigenvalue weighted by atomic mass is 16.5. The molecule has 20 heavy (non-hydrogen) atoms. The molecular weight excluding hydrogens is 244 g/mol. The van der Waals surface area contributed by atoms with E-state index in [1.54, 1.807) is 0 Å². The average Bonchev–Trinajstić information content (AvgIpc) is 2.41. The number of ether oxygens (including phenoxy) is 1. The normalized spacial score (nSPS) is 10.9. The predicted octanol–water partition coefficient (Wildman–Crippen LogP) is 5.31. The van der Waals surface area contributed by atoms with Crippen molar-refractivity contribution in [3.05, 3.63) is 64.2 Å². The van der Waals surface area contributed by atoms with E-state index in [4.69, 9.17) is 4.74 Å². The van der Waals surface area contributed by atoms with Crippen LogP contribution in [-0.2, 0) is 6.61 Å². The van der Waals surface area contributed by atoms with Gasteiger partial charge in [0.1, 0.15) is 12.4 Å². The first kappa shape index (κ1) is 14.6. The van der Waals surface area contributed by atoms with Gasteiger partial charge in [0.15, 0.2) is 0 Å². The highest BCUT2D eigenvalue weighted by molar-refractivity contribution is 5.38. The van der Waals surface area contributed by atoms with Gasteiger partial charge in [-0.25, -0.2) is 0 Å². The summed E-state index contributed by atoms with van der Waals surface area (Å²) in [5.41, 5.74) is 6.39. The molecule has 0 unspecified atom stereocenters. The van der Waals surface area contributed by atoms with E-state index in [-0.39, 0.29) is 0 Å². The highest BCUT2D eigenvalue weighted by Crippen LogP contribution is 2.25. The Labute approximate surface area is 122 Å². The Kier molecular flexibility index (Phi) is 4.49. The number of benzene rings is 2. The van der Waals surface area contributed by atoms with Crippen LogP contribution in [0.4, 0.5) is 0 Å². The SMILES string of the molecule is Cc1ccc(COc2cc(C(C)C)ccc2C)cc1C. The molecule has 0 heterocycles. The molecule has 1 nitrogen and oxygen atoms in total. The van der Waals surface area contributed by atoms with E-state index in [1.165, 1.54) is 27.8 Å². The minimum atomic E-state index is 0.527. The van der Waals surface area contributed by atoms with E-state index in [9.17, 15) is 0 Å². The lowest BCUT2D eigenvalue weighted by atomic mass is 10.0. The van der Waals surface area contributed by atoms with E-state index in [0.717, 1.165) is 5.75 Å². The second-order valence-electron chi connectivity index (χ2n) is 5.89. The van der Waals surface area contributed by atoms with Crippen molar-refractivity contribution in [2.75, 3.05) is 0 Å². The van der Waals surface area contributed by atoms with Gasteiger partial charge in [-0.1, -0.05) is 44.2 Å². The summed E-state index contributed by atoms with van der Waals surface area (Å²) >= 11 is 0. The Bertz CT molecular complexity index is 597. The maximum atomic E-state index is 6.01. The zero-order valence-electron chi connectivity index (χ0n) is 13.2. The van der Waals surface area contributed by atoms with E-state index in [2.05, 4.69) is 71.0 Å². The first-order chi connectivity index (χ1) is 9.47. The van der Waals surface area contributed by atoms with Gasteiger partial charge in [0, 0.05) is 0 Å². The molecule has 0 amide bonds. The Balaban J connectivity index is 2.13. The highest BCUT2D eigenvalue weighted by Gasteiger charge is 2.05. The zero-order valence-corrected chi connectivity index (χ0v) is 13.2. The van der Waals surface area contributed by atoms with Crippen molar-refractivity contribution in [1.29, 1.82) is 0 Å². The molecule has 2 aromatic rings. The molecule has 0 aliphatic rings. The maximum absolute atomic E-state index is 6.01. The third-order valence-corrected chi connectivity index (χ3v) is 3.84. The predicted molar refractivity (Wildman–Crippen MR) is 85.5 cm³/mol. The summed E-state index contributed by atoms with van der Waals surface area (Å²) in [7, 11) is 0. The van der Waals surface area contributed by atoms with Gasteiger partial charge in [0.2, 0.25) is 0 Å². The Morgan fingerprint density at radius 1 is 0.850 bits per heavy atom. The van der Waals surface area contributed by atoms with Crippen molar-refractivity contribution >= 4 is 0 Å². The fourth-order valence-electron chi connectivity index (χ4n) is 2.19. The van der Waals surface area contributed by atoms with Crippen LogP contribution in [0.3, 0.4) is 0 Å². The molecule has 106 valence electrons. The third-order valence-electron chi connectivity index (χ3n) is 3.84. The quantitative estimate of drug-likeness (QED) is 0.729. The monoisotopic (exact) mass is 268 g/mol. The van der Waals surface area contributed by atoms with Crippen molar-refractivity contribution in [1.82, 2.24) is 0 Å². The molecule has 1 heteroatoms. The molecule has 0 saturated heterocycles. The lowest BCUT2D eigenvalue weighted by molar-refractivity contribution is 0.303. The Hall–Kier alpha value is -1.76. The van der Waals surface area contributed by atoms with E-state index in [1.807, 2.05) is 0 Å². The molecule has 0 bridgehead atoms. The minimum Gasteiger partial charge on any atom is -0.489 e. The van der Waals surface area contributed by atoms with Crippen molar-refractivity contribution in [2.45, 2.75) is 47.1 Å². The first-order valence-electron chi connectivity index (χ1n) is 7.27. The molecule has 0 saturated carbocycles. The molecule has 0 aliphatic heterocycles. The molecule has 0 spiro atoms. The van der Waals surface area contributed by atoms with Crippen LogP contribution in [0, 0.1) is 20.8 Å². The van der Waals surface area contributed by atoms with Crippen molar-refractivity contribution in [3.63, 3.8) is 0 Å². The van der Waals surface area contributed by atoms with Gasteiger partial charge in [0.25, 0.3) is 0 Å². The van der Waals surface area contributed by atoms with Crippen LogP contribution in [0.1, 0.15) is 47.6 Å². The summed E-state index contributed by atoms with van der Waals surface area (Å²) in [5, 5.41) is 0. The maximum Gasteiger partial charge on any atom is 0.122 e. The van der Waals surface area contributed by atoms with Crippen LogP contribution >= 0.6 is 0 Å².